The van der Waals surface area contributed by atoms with Crippen LogP contribution in [0.3, 0.4) is 0 Å². The minimum Gasteiger partial charge on any atom is -0.523 e. The number of para-hydroxylation sites is 2. The second-order valence-electron chi connectivity index (χ2n) is 24.3. The zero-order chi connectivity index (χ0) is 45.7. The van der Waals surface area contributed by atoms with Crippen molar-refractivity contribution in [3.05, 3.63) is 24.3 Å². The van der Waals surface area contributed by atoms with Crippen LogP contribution in [0.4, 0.5) is 0 Å². The van der Waals surface area contributed by atoms with Crippen LogP contribution in [0.25, 0.3) is 0 Å². The number of hydrogen-bond acceptors (Lipinski definition) is 10. The lowest BCUT2D eigenvalue weighted by Gasteiger charge is -2.42. The lowest BCUT2D eigenvalue weighted by atomic mass is 9.59. The lowest BCUT2D eigenvalue weighted by Crippen LogP contribution is -2.49. The van der Waals surface area contributed by atoms with E-state index in [1.807, 2.05) is 24.3 Å². The molecule has 4 aliphatic heterocycles. The predicted octanol–water partition coefficient (Wildman–Crippen LogP) is 14.9. The Bertz CT molecular complexity index is 1330. The van der Waals surface area contributed by atoms with E-state index in [9.17, 15) is 0 Å². The van der Waals surface area contributed by atoms with Crippen molar-refractivity contribution in [2.75, 3.05) is 13.2 Å². The summed E-state index contributed by atoms with van der Waals surface area (Å²) < 4.78 is 46.0. The molecule has 5 rings (SSSR count). The molecular weight excluding hydrogens is 803 g/mol. The second-order valence-corrected chi connectivity index (χ2v) is 24.3. The third-order valence-electron chi connectivity index (χ3n) is 9.99. The van der Waals surface area contributed by atoms with Gasteiger partial charge in [-0.05, 0) is 88.3 Å². The molecule has 15 heteroatoms. The minimum atomic E-state index is -1.20. The van der Waals surface area contributed by atoms with Crippen LogP contribution in [-0.4, -0.2) is 81.8 Å². The molecular formula is C49H109B5O10. The van der Waals surface area contributed by atoms with E-state index in [-0.39, 0.29) is 122 Å². The molecule has 64 heavy (non-hydrogen) atoms. The molecule has 0 bridgehead atoms. The van der Waals surface area contributed by atoms with Gasteiger partial charge in [0.15, 0.2) is 0 Å². The van der Waals surface area contributed by atoms with Gasteiger partial charge < -0.3 is 47.3 Å². The van der Waals surface area contributed by atoms with Gasteiger partial charge in [0.1, 0.15) is 11.5 Å². The van der Waals surface area contributed by atoms with Gasteiger partial charge in [-0.15, -0.1) is 0 Å². The van der Waals surface area contributed by atoms with Crippen LogP contribution in [0, 0.1) is 5.41 Å². The largest absolute Gasteiger partial charge is 0.600 e. The lowest BCUT2D eigenvalue weighted by molar-refractivity contribution is -0.0364. The van der Waals surface area contributed by atoms with Crippen molar-refractivity contribution < 1.29 is 47.3 Å². The smallest absolute Gasteiger partial charge is 0.523 e. The first-order chi connectivity index (χ1) is 25.6. The van der Waals surface area contributed by atoms with Crippen molar-refractivity contribution >= 4 is 35.6 Å². The standard InChI is InChI=1S/C10H13BO2.2C10H21BO2.C9H19BO2.C4H11BO2.6CH4/c1-10(2,3)11-12-8-6-4-5-7-9(8)13-11;1-8-7-10(5,6)13-11(12-8)9(2,3)4;1-8(2,3)11-12-9(4,5)10(6,7)13-11;1-8(2,3)10-11-6-9(4,5)7-12-10;1-4(2,3)5(6)7;;;;;;/h4-7H,1-3H3;8H,7H2,1-6H3;1-7H3;6-7H2,1-5H3;6-7H,1-3H3;6*1H4. The molecule has 0 radical (unpaired) electrons. The van der Waals surface area contributed by atoms with Crippen LogP contribution in [0.15, 0.2) is 24.3 Å². The Morgan fingerprint density at radius 2 is 0.828 bits per heavy atom. The van der Waals surface area contributed by atoms with Gasteiger partial charge in [0.05, 0.1) is 16.8 Å². The minimum absolute atomic E-state index is 0. The van der Waals surface area contributed by atoms with E-state index in [1.54, 1.807) is 20.8 Å². The maximum atomic E-state index is 8.44. The van der Waals surface area contributed by atoms with Gasteiger partial charge in [0.25, 0.3) is 0 Å². The number of rotatable bonds is 0. The molecule has 3 saturated heterocycles. The van der Waals surface area contributed by atoms with Crippen LogP contribution in [0.5, 0.6) is 11.5 Å². The van der Waals surface area contributed by atoms with E-state index in [4.69, 9.17) is 47.3 Å². The Balaban J connectivity index is -0.000000162. The first kappa shape index (κ1) is 74.4. The molecule has 1 aromatic carbocycles. The third kappa shape index (κ3) is 25.3. The van der Waals surface area contributed by atoms with Crippen LogP contribution < -0.4 is 9.31 Å². The monoisotopic (exact) mass is 913 g/mol. The summed E-state index contributed by atoms with van der Waals surface area (Å²) in [4.78, 5) is 0. The fourth-order valence-corrected chi connectivity index (χ4v) is 5.34. The van der Waals surface area contributed by atoms with Crippen LogP contribution in [-0.2, 0) is 27.9 Å². The second kappa shape index (κ2) is 27.1. The summed E-state index contributed by atoms with van der Waals surface area (Å²) in [6.07, 6.45) is 1.27. The highest BCUT2D eigenvalue weighted by atomic mass is 16.7. The van der Waals surface area contributed by atoms with Crippen molar-refractivity contribution in [2.24, 2.45) is 5.41 Å². The topological polar surface area (TPSA) is 114 Å². The first-order valence-electron chi connectivity index (χ1n) is 21.3. The molecule has 0 saturated carbocycles. The molecule has 0 aliphatic carbocycles. The van der Waals surface area contributed by atoms with Gasteiger partial charge in [0, 0.05) is 30.0 Å². The summed E-state index contributed by atoms with van der Waals surface area (Å²) in [7, 11) is -1.58. The molecule has 0 spiro atoms. The van der Waals surface area contributed by atoms with E-state index in [0.717, 1.165) is 31.1 Å². The van der Waals surface area contributed by atoms with Gasteiger partial charge in [-0.1, -0.05) is 174 Å². The average molecular weight is 912 g/mol. The van der Waals surface area contributed by atoms with E-state index in [2.05, 4.69) is 145 Å². The van der Waals surface area contributed by atoms with E-state index < -0.39 is 7.12 Å². The summed E-state index contributed by atoms with van der Waals surface area (Å²) in [5.74, 6) is 1.70. The molecule has 4 aliphatic rings. The van der Waals surface area contributed by atoms with Crippen molar-refractivity contribution in [1.29, 1.82) is 0 Å². The zero-order valence-electron chi connectivity index (χ0n) is 41.6. The van der Waals surface area contributed by atoms with Crippen LogP contribution in [0.2, 0.25) is 26.6 Å². The Hall–Kier alpha value is -1.18. The maximum Gasteiger partial charge on any atom is 0.600 e. The SMILES string of the molecule is C.C.C.C.C.C.CC(C)(C)B(O)O.CC(C)(C)B1OC(C)(C)C(C)(C)O1.CC(C)(C)B1Oc2ccccc2O1.CC1(C)COB(C(C)(C)C)OC1.CC1CC(C)(C)OB(C(C)(C)C)O1. The Morgan fingerprint density at radius 1 is 0.516 bits per heavy atom. The highest BCUT2D eigenvalue weighted by Crippen LogP contribution is 2.44. The summed E-state index contributed by atoms with van der Waals surface area (Å²) in [5, 5.41) is 16.7. The summed E-state index contributed by atoms with van der Waals surface area (Å²) in [6, 6.07) is 7.77. The van der Waals surface area contributed by atoms with Gasteiger partial charge >= 0.3 is 35.6 Å². The predicted molar refractivity (Wildman–Crippen MR) is 286 cm³/mol. The van der Waals surface area contributed by atoms with Crippen LogP contribution in [0.1, 0.15) is 217 Å². The highest BCUT2D eigenvalue weighted by Gasteiger charge is 2.55. The Morgan fingerprint density at radius 3 is 1.08 bits per heavy atom. The van der Waals surface area contributed by atoms with E-state index in [0.29, 0.717) is 6.10 Å². The summed E-state index contributed by atoms with van der Waals surface area (Å²) in [6.45, 7) is 51.4. The van der Waals surface area contributed by atoms with Crippen molar-refractivity contribution in [2.45, 2.75) is 267 Å². The molecule has 1 unspecified atom stereocenters. The van der Waals surface area contributed by atoms with Crippen molar-refractivity contribution in [1.82, 2.24) is 0 Å². The number of benzene rings is 1. The molecule has 1 atom stereocenters. The molecule has 3 fully saturated rings. The number of hydrogen-bond donors (Lipinski definition) is 2. The quantitative estimate of drug-likeness (QED) is 0.244. The number of fused-ring (bicyclic) bond motifs is 1. The normalized spacial score (nSPS) is 20.1. The van der Waals surface area contributed by atoms with Gasteiger partial charge in [-0.2, -0.15) is 0 Å². The Kier molecular flexibility index (Phi) is 31.5. The third-order valence-corrected chi connectivity index (χ3v) is 9.99. The summed E-state index contributed by atoms with van der Waals surface area (Å²) in [5.41, 5.74) is -0.271. The fourth-order valence-electron chi connectivity index (χ4n) is 5.34. The molecule has 0 amide bonds. The maximum absolute atomic E-state index is 8.44. The summed E-state index contributed by atoms with van der Waals surface area (Å²) >= 11 is 0. The average Bonchev–Trinajstić information content (AvgIpc) is 3.53. The molecule has 2 N–H and O–H groups in total. The van der Waals surface area contributed by atoms with Gasteiger partial charge in [0.2, 0.25) is 0 Å². The molecule has 380 valence electrons. The molecule has 0 aromatic heterocycles. The molecule has 4 heterocycles. The van der Waals surface area contributed by atoms with Crippen LogP contribution >= 0.6 is 0 Å². The van der Waals surface area contributed by atoms with Crippen molar-refractivity contribution in [3.63, 3.8) is 0 Å². The van der Waals surface area contributed by atoms with E-state index >= 15 is 0 Å². The zero-order valence-corrected chi connectivity index (χ0v) is 41.6. The fraction of sp³-hybridized carbons (Fsp3) is 0.878. The first-order valence-corrected chi connectivity index (χ1v) is 21.3. The Labute approximate surface area is 402 Å². The molecule has 10 nitrogen and oxygen atoms in total. The van der Waals surface area contributed by atoms with Gasteiger partial charge in [-0.3, -0.25) is 0 Å². The highest BCUT2D eigenvalue weighted by molar-refractivity contribution is 6.51. The molecule has 1 aromatic rings. The van der Waals surface area contributed by atoms with Crippen molar-refractivity contribution in [3.8, 4) is 11.5 Å². The van der Waals surface area contributed by atoms with Gasteiger partial charge in [-0.25, -0.2) is 0 Å². The van der Waals surface area contributed by atoms with E-state index in [1.165, 1.54) is 0 Å².